The fraction of sp³-hybridized carbons (Fsp3) is 0.263. The van der Waals surface area contributed by atoms with Crippen molar-refractivity contribution in [1.29, 1.82) is 0 Å². The van der Waals surface area contributed by atoms with Gasteiger partial charge in [0.25, 0.3) is 0 Å². The summed E-state index contributed by atoms with van der Waals surface area (Å²) in [6, 6.07) is 13.9. The molecule has 2 aromatic rings. The van der Waals surface area contributed by atoms with Gasteiger partial charge in [-0.2, -0.15) is 0 Å². The van der Waals surface area contributed by atoms with Gasteiger partial charge < -0.3 is 16.4 Å². The minimum atomic E-state index is -0.746. The van der Waals surface area contributed by atoms with Crippen LogP contribution in [0, 0.1) is 6.92 Å². The van der Waals surface area contributed by atoms with E-state index in [9.17, 15) is 9.59 Å². The van der Waals surface area contributed by atoms with Gasteiger partial charge in [-0.1, -0.05) is 43.3 Å². The topological polar surface area (TPSA) is 84.2 Å². The van der Waals surface area contributed by atoms with Gasteiger partial charge in [0.2, 0.25) is 11.8 Å². The van der Waals surface area contributed by atoms with E-state index in [-0.39, 0.29) is 11.8 Å². The highest BCUT2D eigenvalue weighted by Crippen LogP contribution is 2.24. The Labute approximate surface area is 142 Å². The monoisotopic (exact) mass is 325 g/mol. The van der Waals surface area contributed by atoms with Crippen LogP contribution in [0.15, 0.2) is 48.5 Å². The lowest BCUT2D eigenvalue weighted by Gasteiger charge is -2.16. The summed E-state index contributed by atoms with van der Waals surface area (Å²) in [5, 5.41) is 5.70. The van der Waals surface area contributed by atoms with Crippen LogP contribution < -0.4 is 16.4 Å². The lowest BCUT2D eigenvalue weighted by Crippen LogP contribution is -2.28. The second kappa shape index (κ2) is 8.26. The molecule has 24 heavy (non-hydrogen) atoms. The molecule has 0 heterocycles. The van der Waals surface area contributed by atoms with Crippen LogP contribution >= 0.6 is 0 Å². The van der Waals surface area contributed by atoms with Crippen molar-refractivity contribution in [3.8, 4) is 0 Å². The molecule has 0 spiro atoms. The SMILES string of the molecule is CCCC(=O)Nc1cccc(NC(=O)C(N)c2ccccc2)c1C. The van der Waals surface area contributed by atoms with E-state index in [1.165, 1.54) is 0 Å². The van der Waals surface area contributed by atoms with Crippen LogP contribution in [0.3, 0.4) is 0 Å². The van der Waals surface area contributed by atoms with E-state index in [1.807, 2.05) is 50.2 Å². The molecular formula is C19H23N3O2. The first kappa shape index (κ1) is 17.7. The molecule has 0 aliphatic carbocycles. The maximum atomic E-state index is 12.4. The van der Waals surface area contributed by atoms with Crippen molar-refractivity contribution >= 4 is 23.2 Å². The minimum absolute atomic E-state index is 0.0370. The highest BCUT2D eigenvalue weighted by atomic mass is 16.2. The van der Waals surface area contributed by atoms with Gasteiger partial charge in [0, 0.05) is 17.8 Å². The fourth-order valence-electron chi connectivity index (χ4n) is 2.37. The van der Waals surface area contributed by atoms with Crippen molar-refractivity contribution in [2.24, 2.45) is 5.73 Å². The van der Waals surface area contributed by atoms with E-state index in [1.54, 1.807) is 12.1 Å². The average molecular weight is 325 g/mol. The van der Waals surface area contributed by atoms with Crippen molar-refractivity contribution in [3.05, 3.63) is 59.7 Å². The van der Waals surface area contributed by atoms with Gasteiger partial charge in [0.1, 0.15) is 6.04 Å². The van der Waals surface area contributed by atoms with Crippen molar-refractivity contribution in [1.82, 2.24) is 0 Å². The Hall–Kier alpha value is -2.66. The summed E-state index contributed by atoms with van der Waals surface area (Å²) in [6.45, 7) is 3.80. The summed E-state index contributed by atoms with van der Waals surface area (Å²) in [5.41, 5.74) is 8.90. The van der Waals surface area contributed by atoms with Crippen LogP contribution in [0.5, 0.6) is 0 Å². The van der Waals surface area contributed by atoms with Gasteiger partial charge >= 0.3 is 0 Å². The van der Waals surface area contributed by atoms with Gasteiger partial charge in [-0.3, -0.25) is 9.59 Å². The highest BCUT2D eigenvalue weighted by molar-refractivity contribution is 5.98. The van der Waals surface area contributed by atoms with Gasteiger partial charge in [0.05, 0.1) is 0 Å². The first-order chi connectivity index (χ1) is 11.5. The Morgan fingerprint density at radius 1 is 1.00 bits per heavy atom. The van der Waals surface area contributed by atoms with Crippen molar-refractivity contribution < 1.29 is 9.59 Å². The van der Waals surface area contributed by atoms with Crippen LogP contribution in [0.4, 0.5) is 11.4 Å². The van der Waals surface area contributed by atoms with Crippen molar-refractivity contribution in [2.75, 3.05) is 10.6 Å². The standard InChI is InChI=1S/C19H23N3O2/c1-3-8-17(23)21-15-11-7-12-16(13(15)2)22-19(24)18(20)14-9-5-4-6-10-14/h4-7,9-12,18H,3,8,20H2,1-2H3,(H,21,23)(H,22,24). The molecular weight excluding hydrogens is 302 g/mol. The first-order valence-corrected chi connectivity index (χ1v) is 8.03. The van der Waals surface area contributed by atoms with Crippen LogP contribution in [0.2, 0.25) is 0 Å². The number of hydrogen-bond acceptors (Lipinski definition) is 3. The number of anilines is 2. The third-order valence-electron chi connectivity index (χ3n) is 3.78. The zero-order valence-corrected chi connectivity index (χ0v) is 14.0. The Morgan fingerprint density at radius 3 is 2.25 bits per heavy atom. The summed E-state index contributed by atoms with van der Waals surface area (Å²) >= 11 is 0. The lowest BCUT2D eigenvalue weighted by atomic mass is 10.1. The van der Waals surface area contributed by atoms with Gasteiger partial charge in [-0.05, 0) is 36.6 Å². The summed E-state index contributed by atoms with van der Waals surface area (Å²) in [4.78, 5) is 24.2. The van der Waals surface area contributed by atoms with E-state index < -0.39 is 6.04 Å². The van der Waals surface area contributed by atoms with E-state index >= 15 is 0 Å². The second-order valence-corrected chi connectivity index (χ2v) is 5.65. The highest BCUT2D eigenvalue weighted by Gasteiger charge is 2.17. The second-order valence-electron chi connectivity index (χ2n) is 5.65. The third-order valence-corrected chi connectivity index (χ3v) is 3.78. The zero-order chi connectivity index (χ0) is 17.5. The van der Waals surface area contributed by atoms with Crippen LogP contribution in [-0.4, -0.2) is 11.8 Å². The molecule has 0 saturated carbocycles. The maximum Gasteiger partial charge on any atom is 0.245 e. The molecule has 2 aromatic carbocycles. The minimum Gasteiger partial charge on any atom is -0.326 e. The number of rotatable bonds is 6. The zero-order valence-electron chi connectivity index (χ0n) is 14.0. The van der Waals surface area contributed by atoms with Gasteiger partial charge in [-0.25, -0.2) is 0 Å². The van der Waals surface area contributed by atoms with E-state index in [0.29, 0.717) is 17.8 Å². The summed E-state index contributed by atoms with van der Waals surface area (Å²) < 4.78 is 0. The van der Waals surface area contributed by atoms with E-state index in [0.717, 1.165) is 17.5 Å². The quantitative estimate of drug-likeness (QED) is 0.761. The molecule has 0 aliphatic rings. The van der Waals surface area contributed by atoms with Crippen molar-refractivity contribution in [2.45, 2.75) is 32.7 Å². The molecule has 126 valence electrons. The maximum absolute atomic E-state index is 12.4. The molecule has 1 unspecified atom stereocenters. The Kier molecular flexibility index (Phi) is 6.09. The van der Waals surface area contributed by atoms with Crippen LogP contribution in [0.1, 0.15) is 36.9 Å². The van der Waals surface area contributed by atoms with Gasteiger partial charge in [0.15, 0.2) is 0 Å². The molecule has 0 aliphatic heterocycles. The number of nitrogens with two attached hydrogens (primary N) is 1. The van der Waals surface area contributed by atoms with E-state index in [2.05, 4.69) is 10.6 Å². The van der Waals surface area contributed by atoms with Crippen molar-refractivity contribution in [3.63, 3.8) is 0 Å². The summed E-state index contributed by atoms with van der Waals surface area (Å²) in [5.74, 6) is -0.327. The lowest BCUT2D eigenvalue weighted by molar-refractivity contribution is -0.117. The smallest absolute Gasteiger partial charge is 0.245 e. The molecule has 0 radical (unpaired) electrons. The molecule has 5 heteroatoms. The number of carbonyl (C=O) groups is 2. The molecule has 0 bridgehead atoms. The number of benzene rings is 2. The van der Waals surface area contributed by atoms with Crippen LogP contribution in [0.25, 0.3) is 0 Å². The number of amides is 2. The molecule has 0 aromatic heterocycles. The third kappa shape index (κ3) is 4.43. The molecule has 2 rings (SSSR count). The summed E-state index contributed by atoms with van der Waals surface area (Å²) in [6.07, 6.45) is 1.25. The largest absolute Gasteiger partial charge is 0.326 e. The van der Waals surface area contributed by atoms with Gasteiger partial charge in [-0.15, -0.1) is 0 Å². The predicted molar refractivity (Wildman–Crippen MR) is 96.7 cm³/mol. The average Bonchev–Trinajstić information content (AvgIpc) is 2.58. The number of carbonyl (C=O) groups excluding carboxylic acids is 2. The normalized spacial score (nSPS) is 11.6. The molecule has 0 saturated heterocycles. The molecule has 5 nitrogen and oxygen atoms in total. The fourth-order valence-corrected chi connectivity index (χ4v) is 2.37. The molecule has 1 atom stereocenters. The summed E-state index contributed by atoms with van der Waals surface area (Å²) in [7, 11) is 0. The Morgan fingerprint density at radius 2 is 1.62 bits per heavy atom. The first-order valence-electron chi connectivity index (χ1n) is 8.03. The molecule has 0 fully saturated rings. The number of nitrogens with one attached hydrogen (secondary N) is 2. The molecule has 4 N–H and O–H groups in total. The predicted octanol–water partition coefficient (Wildman–Crippen LogP) is 3.37. The Bertz CT molecular complexity index is 714. The van der Waals surface area contributed by atoms with Crippen LogP contribution in [-0.2, 0) is 9.59 Å². The molecule has 2 amide bonds. The Balaban J connectivity index is 2.12. The van der Waals surface area contributed by atoms with E-state index in [4.69, 9.17) is 5.73 Å². The number of hydrogen-bond donors (Lipinski definition) is 3.